The van der Waals surface area contributed by atoms with Crippen molar-refractivity contribution in [2.75, 3.05) is 18.6 Å². The monoisotopic (exact) mass is 374 g/mol. The highest BCUT2D eigenvalue weighted by Gasteiger charge is 2.24. The van der Waals surface area contributed by atoms with Crippen LogP contribution in [0.3, 0.4) is 0 Å². The lowest BCUT2D eigenvalue weighted by atomic mass is 10.2. The van der Waals surface area contributed by atoms with Gasteiger partial charge in [0.25, 0.3) is 5.69 Å². The molecule has 26 heavy (non-hydrogen) atoms. The zero-order valence-electron chi connectivity index (χ0n) is 13.9. The number of carbonyl (C=O) groups is 1. The van der Waals surface area contributed by atoms with Gasteiger partial charge in [0.2, 0.25) is 5.95 Å². The summed E-state index contributed by atoms with van der Waals surface area (Å²) in [5.41, 5.74) is 6.92. The third-order valence-corrected chi connectivity index (χ3v) is 4.24. The number of nitrogens with two attached hydrogens (primary N) is 1. The van der Waals surface area contributed by atoms with Crippen LogP contribution in [0.15, 0.2) is 29.3 Å². The van der Waals surface area contributed by atoms with E-state index in [1.165, 1.54) is 40.4 Å². The maximum atomic E-state index is 12.3. The van der Waals surface area contributed by atoms with E-state index in [0.717, 1.165) is 0 Å². The number of anilines is 1. The lowest BCUT2D eigenvalue weighted by molar-refractivity contribution is -0.384. The Balaban J connectivity index is 2.22. The number of ether oxygens (including phenoxy) is 1. The van der Waals surface area contributed by atoms with Crippen LogP contribution in [0, 0.1) is 10.1 Å². The van der Waals surface area contributed by atoms with Crippen LogP contribution in [0.25, 0.3) is 17.0 Å². The van der Waals surface area contributed by atoms with Gasteiger partial charge >= 0.3 is 5.97 Å². The van der Waals surface area contributed by atoms with Gasteiger partial charge in [0.1, 0.15) is 10.6 Å². The molecule has 2 N–H and O–H groups in total. The van der Waals surface area contributed by atoms with Gasteiger partial charge in [0.05, 0.1) is 11.5 Å². The van der Waals surface area contributed by atoms with Crippen molar-refractivity contribution >= 4 is 35.0 Å². The molecule has 0 amide bonds. The van der Waals surface area contributed by atoms with Crippen molar-refractivity contribution in [1.29, 1.82) is 0 Å². The van der Waals surface area contributed by atoms with Gasteiger partial charge in [0, 0.05) is 17.7 Å². The molecule has 10 nitrogen and oxygen atoms in total. The first-order chi connectivity index (χ1) is 12.5. The minimum atomic E-state index is -0.572. The van der Waals surface area contributed by atoms with Crippen LogP contribution in [0.1, 0.15) is 17.3 Å². The number of hydrogen-bond donors (Lipinski definition) is 1. The van der Waals surface area contributed by atoms with Crippen molar-refractivity contribution in [3.8, 4) is 11.4 Å². The molecule has 0 saturated carbocycles. The maximum absolute atomic E-state index is 12.3. The zero-order valence-corrected chi connectivity index (χ0v) is 14.7. The molecule has 1 aromatic carbocycles. The predicted molar refractivity (Wildman–Crippen MR) is 95.0 cm³/mol. The number of aromatic nitrogens is 4. The topological polar surface area (TPSA) is 139 Å². The van der Waals surface area contributed by atoms with Crippen LogP contribution in [-0.2, 0) is 4.74 Å². The van der Waals surface area contributed by atoms with Crippen molar-refractivity contribution < 1.29 is 14.5 Å². The molecule has 0 radical (unpaired) electrons. The van der Waals surface area contributed by atoms with Crippen molar-refractivity contribution in [1.82, 2.24) is 19.6 Å². The van der Waals surface area contributed by atoms with Crippen LogP contribution in [0.2, 0.25) is 0 Å². The number of benzene rings is 1. The van der Waals surface area contributed by atoms with Crippen LogP contribution in [0.4, 0.5) is 11.6 Å². The number of non-ortho nitro benzene ring substituents is 1. The number of thioether (sulfide) groups is 1. The average Bonchev–Trinajstić information content (AvgIpc) is 3.07. The zero-order chi connectivity index (χ0) is 18.8. The summed E-state index contributed by atoms with van der Waals surface area (Å²) in [7, 11) is 0. The number of esters is 1. The highest BCUT2D eigenvalue weighted by atomic mass is 32.2. The van der Waals surface area contributed by atoms with Gasteiger partial charge in [0.15, 0.2) is 11.5 Å². The number of rotatable bonds is 5. The second-order valence-electron chi connectivity index (χ2n) is 5.06. The first-order valence-electron chi connectivity index (χ1n) is 7.48. The van der Waals surface area contributed by atoms with E-state index in [-0.39, 0.29) is 29.5 Å². The predicted octanol–water partition coefficient (Wildman–Crippen LogP) is 2.18. The van der Waals surface area contributed by atoms with E-state index >= 15 is 0 Å². The Bertz CT molecular complexity index is 1000. The number of nitrogens with zero attached hydrogens (tertiary/aromatic N) is 5. The highest BCUT2D eigenvalue weighted by Crippen LogP contribution is 2.29. The summed E-state index contributed by atoms with van der Waals surface area (Å²) in [5.74, 6) is -0.161. The molecule has 0 bridgehead atoms. The minimum absolute atomic E-state index is 0.0504. The fourth-order valence-corrected chi connectivity index (χ4v) is 2.98. The van der Waals surface area contributed by atoms with Gasteiger partial charge in [-0.25, -0.2) is 14.2 Å². The van der Waals surface area contributed by atoms with E-state index in [4.69, 9.17) is 10.5 Å². The summed E-state index contributed by atoms with van der Waals surface area (Å²) in [6, 6.07) is 5.76. The molecule has 0 fully saturated rings. The molecule has 3 aromatic rings. The standard InChI is InChI=1S/C15H14N6O4S/c1-3-25-14(22)10-12-19-18-11(20(12)15(16)17-13(10)26-2)8-4-6-9(7-5-8)21(23)24/h4-7H,3H2,1-2H3,(H2,16,17). The van der Waals surface area contributed by atoms with E-state index in [1.54, 1.807) is 13.2 Å². The van der Waals surface area contributed by atoms with E-state index in [9.17, 15) is 14.9 Å². The molecule has 2 heterocycles. The third-order valence-electron chi connectivity index (χ3n) is 3.55. The molecule has 11 heteroatoms. The Morgan fingerprint density at radius 2 is 2.04 bits per heavy atom. The smallest absolute Gasteiger partial charge is 0.344 e. The van der Waals surface area contributed by atoms with Gasteiger partial charge < -0.3 is 10.5 Å². The lowest BCUT2D eigenvalue weighted by Gasteiger charge is -2.10. The first kappa shape index (κ1) is 17.6. The largest absolute Gasteiger partial charge is 0.462 e. The third kappa shape index (κ3) is 2.92. The van der Waals surface area contributed by atoms with Crippen LogP contribution in [0.5, 0.6) is 0 Å². The van der Waals surface area contributed by atoms with Crippen LogP contribution < -0.4 is 5.73 Å². The Morgan fingerprint density at radius 1 is 1.35 bits per heavy atom. The summed E-state index contributed by atoms with van der Waals surface area (Å²) in [5, 5.41) is 19.3. The van der Waals surface area contributed by atoms with Crippen molar-refractivity contribution in [2.24, 2.45) is 0 Å². The highest BCUT2D eigenvalue weighted by molar-refractivity contribution is 7.98. The number of hydrogen-bond acceptors (Lipinski definition) is 9. The molecule has 0 atom stereocenters. The SMILES string of the molecule is CCOC(=O)c1c(SC)nc(N)n2c(-c3ccc([N+](=O)[O-])cc3)nnc12. The van der Waals surface area contributed by atoms with E-state index in [1.807, 2.05) is 0 Å². The fourth-order valence-electron chi connectivity index (χ4n) is 2.42. The molecule has 3 rings (SSSR count). The molecule has 0 spiro atoms. The quantitative estimate of drug-likeness (QED) is 0.234. The molecule has 0 aliphatic rings. The van der Waals surface area contributed by atoms with E-state index < -0.39 is 10.9 Å². The molecular formula is C15H14N6O4S. The molecule has 2 aromatic heterocycles. The summed E-state index contributed by atoms with van der Waals surface area (Å²) < 4.78 is 6.51. The number of nitro groups is 1. The molecular weight excluding hydrogens is 360 g/mol. The molecule has 0 aliphatic heterocycles. The first-order valence-corrected chi connectivity index (χ1v) is 8.71. The van der Waals surface area contributed by atoms with Crippen LogP contribution in [-0.4, -0.2) is 43.3 Å². The second kappa shape index (κ2) is 6.96. The lowest BCUT2D eigenvalue weighted by Crippen LogP contribution is -2.13. The van der Waals surface area contributed by atoms with Crippen molar-refractivity contribution in [3.63, 3.8) is 0 Å². The normalized spacial score (nSPS) is 10.8. The van der Waals surface area contributed by atoms with Gasteiger partial charge in [-0.2, -0.15) is 0 Å². The van der Waals surface area contributed by atoms with Gasteiger partial charge in [-0.15, -0.1) is 22.0 Å². The molecule has 0 unspecified atom stereocenters. The van der Waals surface area contributed by atoms with E-state index in [0.29, 0.717) is 16.4 Å². The Hall–Kier alpha value is -3.21. The number of carbonyl (C=O) groups excluding carboxylic acids is 1. The fraction of sp³-hybridized carbons (Fsp3) is 0.200. The van der Waals surface area contributed by atoms with Crippen LogP contribution >= 0.6 is 11.8 Å². The summed E-state index contributed by atoms with van der Waals surface area (Å²) in [6.07, 6.45) is 1.76. The minimum Gasteiger partial charge on any atom is -0.462 e. The van der Waals surface area contributed by atoms with Crippen molar-refractivity contribution in [3.05, 3.63) is 39.9 Å². The molecule has 134 valence electrons. The Labute approximate surface area is 151 Å². The second-order valence-corrected chi connectivity index (χ2v) is 5.86. The number of nitro benzene ring substituents is 1. The van der Waals surface area contributed by atoms with Gasteiger partial charge in [-0.3, -0.25) is 10.1 Å². The molecule has 0 aliphatic carbocycles. The Morgan fingerprint density at radius 3 is 2.62 bits per heavy atom. The average molecular weight is 374 g/mol. The van der Waals surface area contributed by atoms with Crippen molar-refractivity contribution in [2.45, 2.75) is 11.9 Å². The number of nitrogen functional groups attached to an aromatic ring is 1. The summed E-state index contributed by atoms with van der Waals surface area (Å²) in [4.78, 5) is 26.9. The van der Waals surface area contributed by atoms with Gasteiger partial charge in [-0.1, -0.05) is 0 Å². The Kier molecular flexibility index (Phi) is 4.71. The van der Waals surface area contributed by atoms with Gasteiger partial charge in [-0.05, 0) is 25.3 Å². The summed E-state index contributed by atoms with van der Waals surface area (Å²) in [6.45, 7) is 1.90. The molecule has 0 saturated heterocycles. The maximum Gasteiger partial charge on any atom is 0.344 e. The number of fused-ring (bicyclic) bond motifs is 1. The summed E-state index contributed by atoms with van der Waals surface area (Å²) >= 11 is 1.24. The van der Waals surface area contributed by atoms with E-state index in [2.05, 4.69) is 15.2 Å².